The molecule has 7 heteroatoms. The number of nitrogens with two attached hydrogens (primary N) is 1. The van der Waals surface area contributed by atoms with Crippen molar-refractivity contribution < 1.29 is 23.0 Å². The number of ether oxygens (including phenoxy) is 2. The van der Waals surface area contributed by atoms with Crippen LogP contribution >= 0.6 is 0 Å². The molecule has 0 unspecified atom stereocenters. The van der Waals surface area contributed by atoms with Crippen molar-refractivity contribution in [3.8, 4) is 5.75 Å². The molecule has 17 heavy (non-hydrogen) atoms. The number of alkyl halides is 2. The normalized spacial score (nSPS) is 10.4. The number of nitrogen functional groups attached to an aromatic ring is 1. The van der Waals surface area contributed by atoms with Crippen LogP contribution in [-0.2, 0) is 16.0 Å². The summed E-state index contributed by atoms with van der Waals surface area (Å²) in [4.78, 5) is 14.6. The van der Waals surface area contributed by atoms with Crippen LogP contribution in [0.2, 0.25) is 0 Å². The monoisotopic (exact) mass is 246 g/mol. The number of carbonyl (C=O) groups is 1. The molecule has 0 fully saturated rings. The maximum atomic E-state index is 12.5. The van der Waals surface area contributed by atoms with E-state index >= 15 is 0 Å². The number of anilines is 1. The molecule has 1 aromatic heterocycles. The van der Waals surface area contributed by atoms with Gasteiger partial charge >= 0.3 is 5.97 Å². The lowest BCUT2D eigenvalue weighted by Gasteiger charge is -2.11. The topological polar surface area (TPSA) is 74.4 Å². The largest absolute Gasteiger partial charge is 0.493 e. The van der Waals surface area contributed by atoms with Gasteiger partial charge in [-0.05, 0) is 6.07 Å². The van der Waals surface area contributed by atoms with Gasteiger partial charge in [-0.1, -0.05) is 0 Å². The van der Waals surface area contributed by atoms with Gasteiger partial charge in [0.25, 0.3) is 6.43 Å². The van der Waals surface area contributed by atoms with Gasteiger partial charge in [-0.25, -0.2) is 13.8 Å². The molecule has 1 heterocycles. The fourth-order valence-corrected chi connectivity index (χ4v) is 1.34. The molecule has 0 aliphatic heterocycles. The molecule has 0 aliphatic rings. The van der Waals surface area contributed by atoms with Crippen LogP contribution in [-0.4, -0.2) is 25.2 Å². The van der Waals surface area contributed by atoms with Crippen molar-refractivity contribution in [2.75, 3.05) is 20.0 Å². The Hall–Kier alpha value is -1.92. The first kappa shape index (κ1) is 13.1. The van der Waals surface area contributed by atoms with Gasteiger partial charge in [-0.2, -0.15) is 0 Å². The minimum atomic E-state index is -2.76. The van der Waals surface area contributed by atoms with Crippen molar-refractivity contribution in [1.29, 1.82) is 0 Å². The number of pyridine rings is 1. The molecule has 0 aromatic carbocycles. The van der Waals surface area contributed by atoms with Gasteiger partial charge in [0.05, 0.1) is 20.6 Å². The number of nitrogens with zero attached hydrogens (tertiary/aromatic N) is 1. The second-order valence-electron chi connectivity index (χ2n) is 3.18. The predicted octanol–water partition coefficient (Wildman–Crippen LogP) is 1.33. The zero-order valence-corrected chi connectivity index (χ0v) is 9.37. The third-order valence-corrected chi connectivity index (χ3v) is 2.09. The summed E-state index contributed by atoms with van der Waals surface area (Å²) in [7, 11) is 2.52. The molecule has 1 aromatic rings. The summed E-state index contributed by atoms with van der Waals surface area (Å²) in [5, 5.41) is 0. The van der Waals surface area contributed by atoms with Crippen LogP contribution in [0.1, 0.15) is 17.7 Å². The van der Waals surface area contributed by atoms with Crippen molar-refractivity contribution in [1.82, 2.24) is 4.98 Å². The molecule has 0 amide bonds. The molecular weight excluding hydrogens is 234 g/mol. The van der Waals surface area contributed by atoms with Crippen molar-refractivity contribution in [3.63, 3.8) is 0 Å². The van der Waals surface area contributed by atoms with Crippen LogP contribution in [0.15, 0.2) is 6.07 Å². The molecule has 0 bridgehead atoms. The minimum Gasteiger partial charge on any atom is -0.493 e. The first-order valence-corrected chi connectivity index (χ1v) is 4.67. The lowest BCUT2D eigenvalue weighted by molar-refractivity contribution is -0.139. The lowest BCUT2D eigenvalue weighted by atomic mass is 10.1. The Morgan fingerprint density at radius 2 is 2.18 bits per heavy atom. The summed E-state index contributed by atoms with van der Waals surface area (Å²) >= 11 is 0. The first-order chi connectivity index (χ1) is 7.99. The van der Waals surface area contributed by atoms with Crippen LogP contribution < -0.4 is 10.5 Å². The number of carbonyl (C=O) groups excluding carboxylic acids is 1. The lowest BCUT2D eigenvalue weighted by Crippen LogP contribution is -2.09. The van der Waals surface area contributed by atoms with Crippen molar-refractivity contribution >= 4 is 11.8 Å². The Morgan fingerprint density at radius 3 is 2.65 bits per heavy atom. The summed E-state index contributed by atoms with van der Waals surface area (Å²) in [6, 6.07) is 1.08. The third-order valence-electron chi connectivity index (χ3n) is 2.09. The van der Waals surface area contributed by atoms with Crippen LogP contribution in [0.25, 0.3) is 0 Å². The zero-order chi connectivity index (χ0) is 13.0. The first-order valence-electron chi connectivity index (χ1n) is 4.67. The Balaban J connectivity index is 3.19. The molecule has 0 saturated carbocycles. The molecule has 94 valence electrons. The third kappa shape index (κ3) is 3.02. The van der Waals surface area contributed by atoms with Gasteiger partial charge in [0.1, 0.15) is 5.69 Å². The number of rotatable bonds is 4. The highest BCUT2D eigenvalue weighted by Gasteiger charge is 2.18. The fourth-order valence-electron chi connectivity index (χ4n) is 1.34. The van der Waals surface area contributed by atoms with E-state index in [0.717, 1.165) is 6.07 Å². The van der Waals surface area contributed by atoms with E-state index in [1.165, 1.54) is 14.2 Å². The average molecular weight is 246 g/mol. The van der Waals surface area contributed by atoms with E-state index in [9.17, 15) is 13.6 Å². The standard InChI is InChI=1S/C10H12F2N2O3/c1-16-7(15)4-5-3-6(9(11)12)14-10(13)8(5)17-2/h3,9H,4H2,1-2H3,(H2,13,14). The van der Waals surface area contributed by atoms with Crippen LogP contribution in [0, 0.1) is 0 Å². The van der Waals surface area contributed by atoms with E-state index < -0.39 is 18.1 Å². The fraction of sp³-hybridized carbons (Fsp3) is 0.400. The summed E-state index contributed by atoms with van der Waals surface area (Å²) in [5.74, 6) is -0.641. The van der Waals surface area contributed by atoms with Gasteiger partial charge in [0.15, 0.2) is 11.6 Å². The predicted molar refractivity (Wildman–Crippen MR) is 55.9 cm³/mol. The van der Waals surface area contributed by atoms with Gasteiger partial charge in [-0.3, -0.25) is 4.79 Å². The number of aromatic nitrogens is 1. The number of hydrogen-bond donors (Lipinski definition) is 1. The van der Waals surface area contributed by atoms with Crippen LogP contribution in [0.3, 0.4) is 0 Å². The second kappa shape index (κ2) is 5.42. The summed E-state index contributed by atoms with van der Waals surface area (Å²) in [6.07, 6.45) is -2.97. The average Bonchev–Trinajstić information content (AvgIpc) is 2.28. The molecule has 2 N–H and O–H groups in total. The highest BCUT2D eigenvalue weighted by Crippen LogP contribution is 2.29. The Bertz CT molecular complexity index is 424. The van der Waals surface area contributed by atoms with Gasteiger partial charge in [0, 0.05) is 5.56 Å². The summed E-state index contributed by atoms with van der Waals surface area (Å²) < 4.78 is 34.4. The summed E-state index contributed by atoms with van der Waals surface area (Å²) in [5.41, 5.74) is 5.19. The molecule has 0 aliphatic carbocycles. The van der Waals surface area contributed by atoms with E-state index in [1.54, 1.807) is 0 Å². The SMILES string of the molecule is COC(=O)Cc1cc(C(F)F)nc(N)c1OC. The van der Waals surface area contributed by atoms with Crippen molar-refractivity contribution in [2.24, 2.45) is 0 Å². The molecular formula is C10H12F2N2O3. The Morgan fingerprint density at radius 1 is 1.53 bits per heavy atom. The van der Waals surface area contributed by atoms with E-state index in [4.69, 9.17) is 10.5 Å². The molecule has 0 saturated heterocycles. The zero-order valence-electron chi connectivity index (χ0n) is 9.37. The van der Waals surface area contributed by atoms with Crippen molar-refractivity contribution in [2.45, 2.75) is 12.8 Å². The highest BCUT2D eigenvalue weighted by molar-refractivity contribution is 5.74. The van der Waals surface area contributed by atoms with Gasteiger partial charge in [-0.15, -0.1) is 0 Å². The molecule has 0 radical (unpaired) electrons. The maximum absolute atomic E-state index is 12.5. The summed E-state index contributed by atoms with van der Waals surface area (Å²) in [6.45, 7) is 0. The number of hydrogen-bond acceptors (Lipinski definition) is 5. The van der Waals surface area contributed by atoms with Gasteiger partial charge in [0.2, 0.25) is 0 Å². The Kier molecular flexibility index (Phi) is 4.19. The number of halogens is 2. The van der Waals surface area contributed by atoms with E-state index in [1.807, 2.05) is 0 Å². The minimum absolute atomic E-state index is 0.111. The van der Waals surface area contributed by atoms with E-state index in [0.29, 0.717) is 0 Å². The quantitative estimate of drug-likeness (QED) is 0.811. The van der Waals surface area contributed by atoms with Crippen LogP contribution in [0.5, 0.6) is 5.75 Å². The molecule has 0 spiro atoms. The molecule has 1 rings (SSSR count). The van der Waals surface area contributed by atoms with E-state index in [-0.39, 0.29) is 23.6 Å². The highest BCUT2D eigenvalue weighted by atomic mass is 19.3. The molecule has 0 atom stereocenters. The Labute approximate surface area is 96.5 Å². The number of methoxy groups -OCH3 is 2. The number of esters is 1. The van der Waals surface area contributed by atoms with Gasteiger partial charge < -0.3 is 15.2 Å². The maximum Gasteiger partial charge on any atom is 0.310 e. The second-order valence-corrected chi connectivity index (χ2v) is 3.18. The van der Waals surface area contributed by atoms with E-state index in [2.05, 4.69) is 9.72 Å². The van der Waals surface area contributed by atoms with Crippen molar-refractivity contribution in [3.05, 3.63) is 17.3 Å². The molecule has 5 nitrogen and oxygen atoms in total. The smallest absolute Gasteiger partial charge is 0.310 e. The van der Waals surface area contributed by atoms with Crippen LogP contribution in [0.4, 0.5) is 14.6 Å².